The van der Waals surface area contributed by atoms with Crippen molar-refractivity contribution in [1.29, 1.82) is 0 Å². The summed E-state index contributed by atoms with van der Waals surface area (Å²) >= 11 is 0. The maximum absolute atomic E-state index is 11.4. The third kappa shape index (κ3) is 3.35. The van der Waals surface area contributed by atoms with Crippen LogP contribution in [-0.2, 0) is 4.79 Å². The molecule has 1 amide bonds. The predicted molar refractivity (Wildman–Crippen MR) is 71.1 cm³/mol. The monoisotopic (exact) mass is 255 g/mol. The van der Waals surface area contributed by atoms with E-state index in [0.29, 0.717) is 5.70 Å². The molecule has 0 spiro atoms. The molecule has 0 fully saturated rings. The summed E-state index contributed by atoms with van der Waals surface area (Å²) < 4.78 is 0. The summed E-state index contributed by atoms with van der Waals surface area (Å²) in [6.07, 6.45) is 7.17. The molecule has 0 saturated carbocycles. The lowest BCUT2D eigenvalue weighted by atomic mass is 9.98. The van der Waals surface area contributed by atoms with Crippen LogP contribution in [0.3, 0.4) is 0 Å². The molecular weight excluding hydrogens is 238 g/mol. The zero-order valence-electron chi connectivity index (χ0n) is 9.88. The average Bonchev–Trinajstić information content (AvgIpc) is 2.39. The number of amides is 1. The van der Waals surface area contributed by atoms with E-state index in [1.807, 2.05) is 12.2 Å². The first-order valence-electron chi connectivity index (χ1n) is 5.58. The first-order valence-corrected chi connectivity index (χ1v) is 5.58. The number of hydrogen-bond acceptors (Lipinski definition) is 3. The highest BCUT2D eigenvalue weighted by molar-refractivity contribution is 5.93. The topological polar surface area (TPSA) is 53.2 Å². The Bertz CT molecular complexity index is 385. The van der Waals surface area contributed by atoms with Crippen molar-refractivity contribution in [2.75, 3.05) is 26.7 Å². The van der Waals surface area contributed by atoms with Gasteiger partial charge < -0.3 is 16.0 Å². The van der Waals surface area contributed by atoms with E-state index in [4.69, 9.17) is 0 Å². The third-order valence-electron chi connectivity index (χ3n) is 2.87. The molecule has 0 aromatic heterocycles. The SMILES string of the molecule is CNC(=O)C1=CC=C(C2=CCNCC2)CN1.Cl. The highest BCUT2D eigenvalue weighted by Crippen LogP contribution is 2.18. The van der Waals surface area contributed by atoms with Gasteiger partial charge in [0.25, 0.3) is 5.91 Å². The van der Waals surface area contributed by atoms with Crippen molar-refractivity contribution < 1.29 is 4.79 Å². The van der Waals surface area contributed by atoms with E-state index in [1.165, 1.54) is 11.1 Å². The van der Waals surface area contributed by atoms with Gasteiger partial charge in [-0.15, -0.1) is 12.4 Å². The Morgan fingerprint density at radius 1 is 1.35 bits per heavy atom. The molecule has 3 N–H and O–H groups in total. The molecule has 5 heteroatoms. The molecule has 2 heterocycles. The van der Waals surface area contributed by atoms with Crippen molar-refractivity contribution in [3.63, 3.8) is 0 Å². The molecule has 0 aromatic carbocycles. The maximum Gasteiger partial charge on any atom is 0.267 e. The summed E-state index contributed by atoms with van der Waals surface area (Å²) in [5.41, 5.74) is 3.31. The van der Waals surface area contributed by atoms with Gasteiger partial charge in [0.05, 0.1) is 0 Å². The van der Waals surface area contributed by atoms with E-state index in [9.17, 15) is 4.79 Å². The van der Waals surface area contributed by atoms with Crippen molar-refractivity contribution in [2.45, 2.75) is 6.42 Å². The third-order valence-corrected chi connectivity index (χ3v) is 2.87. The van der Waals surface area contributed by atoms with Crippen molar-refractivity contribution in [2.24, 2.45) is 0 Å². The fourth-order valence-corrected chi connectivity index (χ4v) is 1.92. The molecule has 2 rings (SSSR count). The molecular formula is C12H18ClN3O. The van der Waals surface area contributed by atoms with Crippen LogP contribution in [0.2, 0.25) is 0 Å². The Morgan fingerprint density at radius 2 is 2.18 bits per heavy atom. The van der Waals surface area contributed by atoms with Crippen LogP contribution in [0.25, 0.3) is 0 Å². The van der Waals surface area contributed by atoms with Gasteiger partial charge in [-0.1, -0.05) is 12.2 Å². The number of dihydropyridines is 1. The first-order chi connectivity index (χ1) is 7.81. The minimum atomic E-state index is -0.0606. The fraction of sp³-hybridized carbons (Fsp3) is 0.417. The van der Waals surface area contributed by atoms with Crippen LogP contribution in [0.15, 0.2) is 35.1 Å². The molecule has 94 valence electrons. The molecule has 0 aliphatic carbocycles. The summed E-state index contributed by atoms with van der Waals surface area (Å²) in [6.45, 7) is 2.72. The van der Waals surface area contributed by atoms with Crippen LogP contribution >= 0.6 is 12.4 Å². The number of carbonyl (C=O) groups excluding carboxylic acids is 1. The van der Waals surface area contributed by atoms with Gasteiger partial charge in [0.15, 0.2) is 0 Å². The quantitative estimate of drug-likeness (QED) is 0.673. The summed E-state index contributed by atoms with van der Waals surface area (Å²) in [7, 11) is 1.64. The van der Waals surface area contributed by atoms with Crippen LogP contribution < -0.4 is 16.0 Å². The Kier molecular flexibility index (Phi) is 5.25. The minimum Gasteiger partial charge on any atom is -0.377 e. The minimum absolute atomic E-state index is 0. The van der Waals surface area contributed by atoms with Gasteiger partial charge in [-0.2, -0.15) is 0 Å². The van der Waals surface area contributed by atoms with Gasteiger partial charge in [-0.3, -0.25) is 4.79 Å². The summed E-state index contributed by atoms with van der Waals surface area (Å²) in [5, 5.41) is 9.03. The molecule has 2 aliphatic rings. The number of hydrogen-bond donors (Lipinski definition) is 3. The second kappa shape index (κ2) is 6.47. The summed E-state index contributed by atoms with van der Waals surface area (Å²) in [4.78, 5) is 11.4. The number of carbonyl (C=O) groups is 1. The van der Waals surface area contributed by atoms with E-state index >= 15 is 0 Å². The number of halogens is 1. The Hall–Kier alpha value is -1.26. The van der Waals surface area contributed by atoms with Gasteiger partial charge >= 0.3 is 0 Å². The van der Waals surface area contributed by atoms with Gasteiger partial charge in [-0.25, -0.2) is 0 Å². The lowest BCUT2D eigenvalue weighted by molar-refractivity contribution is -0.117. The first kappa shape index (κ1) is 13.8. The molecule has 0 saturated heterocycles. The molecule has 0 unspecified atom stereocenters. The number of allylic oxidation sites excluding steroid dienone is 2. The Balaban J connectivity index is 0.00000144. The van der Waals surface area contributed by atoms with E-state index in [2.05, 4.69) is 22.0 Å². The zero-order chi connectivity index (χ0) is 11.4. The highest BCUT2D eigenvalue weighted by atomic mass is 35.5. The van der Waals surface area contributed by atoms with Crippen LogP contribution in [0, 0.1) is 0 Å². The second-order valence-electron chi connectivity index (χ2n) is 3.89. The average molecular weight is 256 g/mol. The Morgan fingerprint density at radius 3 is 2.71 bits per heavy atom. The van der Waals surface area contributed by atoms with Crippen LogP contribution in [-0.4, -0.2) is 32.6 Å². The summed E-state index contributed by atoms with van der Waals surface area (Å²) in [5.74, 6) is -0.0606. The molecule has 4 nitrogen and oxygen atoms in total. The van der Waals surface area contributed by atoms with Crippen molar-refractivity contribution in [3.05, 3.63) is 35.1 Å². The lowest BCUT2D eigenvalue weighted by Crippen LogP contribution is -2.32. The van der Waals surface area contributed by atoms with Crippen molar-refractivity contribution >= 4 is 18.3 Å². The van der Waals surface area contributed by atoms with E-state index in [-0.39, 0.29) is 18.3 Å². The normalized spacial score (nSPS) is 19.0. The number of likely N-dealkylation sites (N-methyl/N-ethyl adjacent to an activating group) is 1. The molecule has 17 heavy (non-hydrogen) atoms. The van der Waals surface area contributed by atoms with Crippen LogP contribution in [0.4, 0.5) is 0 Å². The van der Waals surface area contributed by atoms with Gasteiger partial charge in [0.1, 0.15) is 5.70 Å². The van der Waals surface area contributed by atoms with Gasteiger partial charge in [0, 0.05) is 20.1 Å². The van der Waals surface area contributed by atoms with Crippen molar-refractivity contribution in [1.82, 2.24) is 16.0 Å². The second-order valence-corrected chi connectivity index (χ2v) is 3.89. The predicted octanol–water partition coefficient (Wildman–Crippen LogP) is 0.487. The number of rotatable bonds is 2. The molecule has 0 radical (unpaired) electrons. The lowest BCUT2D eigenvalue weighted by Gasteiger charge is -2.21. The van der Waals surface area contributed by atoms with Crippen LogP contribution in [0.1, 0.15) is 6.42 Å². The maximum atomic E-state index is 11.4. The highest BCUT2D eigenvalue weighted by Gasteiger charge is 2.14. The van der Waals surface area contributed by atoms with E-state index < -0.39 is 0 Å². The zero-order valence-corrected chi connectivity index (χ0v) is 10.7. The van der Waals surface area contributed by atoms with Gasteiger partial charge in [0.2, 0.25) is 0 Å². The summed E-state index contributed by atoms with van der Waals surface area (Å²) in [6, 6.07) is 0. The molecule has 0 aromatic rings. The number of nitrogens with one attached hydrogen (secondary N) is 3. The smallest absolute Gasteiger partial charge is 0.267 e. The van der Waals surface area contributed by atoms with Crippen molar-refractivity contribution in [3.8, 4) is 0 Å². The van der Waals surface area contributed by atoms with Crippen LogP contribution in [0.5, 0.6) is 0 Å². The Labute approximate surface area is 108 Å². The molecule has 0 atom stereocenters. The van der Waals surface area contributed by atoms with E-state index in [0.717, 1.165) is 26.1 Å². The largest absolute Gasteiger partial charge is 0.377 e. The molecule has 2 aliphatic heterocycles. The van der Waals surface area contributed by atoms with E-state index in [1.54, 1.807) is 7.05 Å². The standard InChI is InChI=1S/C12H17N3O.ClH/c1-13-12(16)11-3-2-10(8-15-11)9-4-6-14-7-5-9;/h2-4,14-15H,5-8H2,1H3,(H,13,16);1H. The fourth-order valence-electron chi connectivity index (χ4n) is 1.92. The van der Waals surface area contributed by atoms with Gasteiger partial charge in [-0.05, 0) is 30.2 Å². The molecule has 0 bridgehead atoms.